The Morgan fingerprint density at radius 1 is 0.154 bits per heavy atom. The number of hydrogen-bond acceptors (Lipinski definition) is 4. The smallest absolute Gasteiger partial charge is 0.0998 e. The molecule has 626 valence electrons. The molecular weight excluding hydrogens is 1660 g/mol. The highest BCUT2D eigenvalue weighted by Gasteiger charge is 2.33. The lowest BCUT2D eigenvalue weighted by atomic mass is 9.95. The third kappa shape index (κ3) is 10.6. The van der Waals surface area contributed by atoms with Crippen molar-refractivity contribution in [3.63, 3.8) is 0 Å². The van der Waals surface area contributed by atoms with Gasteiger partial charge in [-0.05, 0) is 186 Å². The Balaban J connectivity index is 0.771. The van der Waals surface area contributed by atoms with E-state index in [2.05, 4.69) is 437 Å². The summed E-state index contributed by atoms with van der Waals surface area (Å²) in [5.41, 5.74) is 29.9. The van der Waals surface area contributed by atoms with Gasteiger partial charge in [0, 0.05) is 120 Å². The van der Waals surface area contributed by atoms with Crippen molar-refractivity contribution in [1.82, 2.24) is 36.5 Å². The number of aromatic nitrogens is 8. The molecule has 0 bridgehead atoms. The molecule has 12 heteroatoms. The number of nitrogens with zero attached hydrogens (tertiary/aromatic N) is 12. The van der Waals surface area contributed by atoms with Crippen molar-refractivity contribution >= 4 is 174 Å². The van der Waals surface area contributed by atoms with E-state index in [0.717, 1.165) is 242 Å². The summed E-state index contributed by atoms with van der Waals surface area (Å²) in [4.78, 5) is 0. The molecule has 0 unspecified atom stereocenters. The first-order chi connectivity index (χ1) is 67.4. The minimum Gasteiger partial charge on any atom is -0.309 e. The Bertz CT molecular complexity index is 10300. The molecular formula is C124H70N12. The Morgan fingerprint density at radius 3 is 0.875 bits per heavy atom. The van der Waals surface area contributed by atoms with Gasteiger partial charge >= 0.3 is 0 Å². The summed E-state index contributed by atoms with van der Waals surface area (Å²) in [6.45, 7) is 0. The molecule has 0 fully saturated rings. The maximum absolute atomic E-state index is 12.1. The Labute approximate surface area is 776 Å². The maximum atomic E-state index is 12.1. The zero-order valence-corrected chi connectivity index (χ0v) is 72.8. The number of fused-ring (bicyclic) bond motifs is 28. The fraction of sp³-hybridized carbons (Fsp3) is 0. The van der Waals surface area contributed by atoms with Gasteiger partial charge in [0.05, 0.1) is 158 Å². The van der Waals surface area contributed by atoms with Crippen LogP contribution in [0.2, 0.25) is 0 Å². The number of rotatable bonds is 11. The van der Waals surface area contributed by atoms with Crippen molar-refractivity contribution in [1.29, 1.82) is 21.0 Å². The average Bonchev–Trinajstić information content (AvgIpc) is 1.53. The van der Waals surface area contributed by atoms with Gasteiger partial charge in [0.2, 0.25) is 0 Å². The quantitative estimate of drug-likeness (QED) is 0.127. The second kappa shape index (κ2) is 29.1. The van der Waals surface area contributed by atoms with Crippen molar-refractivity contribution in [3.8, 4) is 103 Å². The van der Waals surface area contributed by atoms with Crippen molar-refractivity contribution in [2.45, 2.75) is 0 Å². The molecule has 8 aromatic heterocycles. The van der Waals surface area contributed by atoms with Gasteiger partial charge in [-0.2, -0.15) is 21.0 Å². The van der Waals surface area contributed by atoms with Gasteiger partial charge in [-0.1, -0.05) is 261 Å². The van der Waals surface area contributed by atoms with Gasteiger partial charge in [-0.25, -0.2) is 0 Å². The lowest BCUT2D eigenvalue weighted by Crippen LogP contribution is -2.07. The van der Waals surface area contributed by atoms with Crippen LogP contribution in [0.25, 0.3) is 253 Å². The van der Waals surface area contributed by atoms with Crippen LogP contribution < -0.4 is 0 Å². The second-order valence-corrected chi connectivity index (χ2v) is 35.4. The fourth-order valence-corrected chi connectivity index (χ4v) is 23.0. The first-order valence-electron chi connectivity index (χ1n) is 45.7. The van der Waals surface area contributed by atoms with Crippen molar-refractivity contribution in [2.75, 3.05) is 0 Å². The molecule has 0 saturated carbocycles. The molecule has 0 radical (unpaired) electrons. The summed E-state index contributed by atoms with van der Waals surface area (Å²) in [5, 5.41) is 62.4. The average molecular weight is 1730 g/mol. The van der Waals surface area contributed by atoms with E-state index >= 15 is 0 Å². The van der Waals surface area contributed by atoms with E-state index in [0.29, 0.717) is 33.4 Å². The molecule has 136 heavy (non-hydrogen) atoms. The summed E-state index contributed by atoms with van der Waals surface area (Å²) >= 11 is 0. The highest BCUT2D eigenvalue weighted by molar-refractivity contribution is 6.33. The summed E-state index contributed by atoms with van der Waals surface area (Å²) in [6.07, 6.45) is 0. The molecule has 20 aromatic carbocycles. The van der Waals surface area contributed by atoms with Crippen molar-refractivity contribution < 1.29 is 0 Å². The van der Waals surface area contributed by atoms with Crippen molar-refractivity contribution in [3.05, 3.63) is 447 Å². The SMILES string of the molecule is N#Cc1cccc(-c2cc(-n3c4ccccc4c4c(-c5ccc6c(c5)c5ccc7c8ccccc8n(-c8cc(C#N)c(-c9cccc(C#N)c9)cc8-n8c9ccccc9c9ccc%10c%11ccccc%11n(-c%11ccccc%11)c%10c98)c7c5n6-c5ccccc5)cc5c(c6ccccc6n5-c5ccccc5)c43)c(-n3c4ccccc4c4ccc5c(c6ccccc6n5-c5ccccc5)c43)cc2C#N)c1. The van der Waals surface area contributed by atoms with Crippen LogP contribution >= 0.6 is 0 Å². The van der Waals surface area contributed by atoms with Crippen LogP contribution in [0.3, 0.4) is 0 Å². The zero-order valence-electron chi connectivity index (χ0n) is 72.8. The van der Waals surface area contributed by atoms with Crippen LogP contribution in [-0.4, -0.2) is 36.5 Å². The van der Waals surface area contributed by atoms with Crippen molar-refractivity contribution in [2.24, 2.45) is 0 Å². The van der Waals surface area contributed by atoms with E-state index in [1.165, 1.54) is 0 Å². The molecule has 0 atom stereocenters. The van der Waals surface area contributed by atoms with E-state index in [1.807, 2.05) is 48.5 Å². The summed E-state index contributed by atoms with van der Waals surface area (Å²) in [5.74, 6) is 0. The molecule has 0 N–H and O–H groups in total. The standard InChI is InChI=1S/C124H70N12/c125-71-75-29-27-31-77(63-75)98-68-113(135-105-51-23-16-44-89(105)92-57-56-91-87-42-13-20-48-102(87)131(120(91)122(92)135)84-37-9-3-10-38-84)112(67-81(98)74-128)134-104-50-22-15-43-88(104)93-58-59-94-101-65-79(55-61-109(101)132(121(94)123(93)134)85-39-11-4-12-40-85)100-70-115-118(97-47-19-25-53-107(97)130(115)83-35-7-2-8-36-83)124-116(100)95-45-17-26-54-108(95)136(124)114-69-99(78-32-28-30-76(64-78)72-126)80(73-127)66-111(114)133-103-49-21-14-41-86(103)90-60-62-110-117(119(90)133)96-46-18-24-52-106(96)129(110)82-33-5-1-6-34-82/h1-70H. The minimum atomic E-state index is 0.443. The zero-order chi connectivity index (χ0) is 89.8. The van der Waals surface area contributed by atoms with Gasteiger partial charge in [-0.15, -0.1) is 0 Å². The Kier molecular flexibility index (Phi) is 16.2. The second-order valence-electron chi connectivity index (χ2n) is 35.4. The van der Waals surface area contributed by atoms with Crippen LogP contribution in [0.4, 0.5) is 0 Å². The van der Waals surface area contributed by atoms with Gasteiger partial charge in [-0.3, -0.25) is 0 Å². The van der Waals surface area contributed by atoms with E-state index in [-0.39, 0.29) is 0 Å². The molecule has 0 spiro atoms. The van der Waals surface area contributed by atoms with E-state index in [1.54, 1.807) is 0 Å². The molecule has 0 aliphatic carbocycles. The molecule has 0 saturated heterocycles. The van der Waals surface area contributed by atoms with Crippen LogP contribution in [0, 0.1) is 45.3 Å². The lowest BCUT2D eigenvalue weighted by molar-refractivity contribution is 1.09. The monoisotopic (exact) mass is 1730 g/mol. The predicted octanol–water partition coefficient (Wildman–Crippen LogP) is 31.0. The summed E-state index contributed by atoms with van der Waals surface area (Å²) < 4.78 is 19.5. The van der Waals surface area contributed by atoms with Gasteiger partial charge in [0.15, 0.2) is 0 Å². The third-order valence-electron chi connectivity index (χ3n) is 28.5. The van der Waals surface area contributed by atoms with Crippen LogP contribution in [0.1, 0.15) is 22.3 Å². The fourth-order valence-electron chi connectivity index (χ4n) is 23.0. The van der Waals surface area contributed by atoms with E-state index in [4.69, 9.17) is 0 Å². The first-order valence-corrected chi connectivity index (χ1v) is 45.7. The van der Waals surface area contributed by atoms with Crippen LogP contribution in [0.15, 0.2) is 425 Å². The Morgan fingerprint density at radius 2 is 0.449 bits per heavy atom. The van der Waals surface area contributed by atoms with Crippen LogP contribution in [0.5, 0.6) is 0 Å². The molecule has 8 heterocycles. The van der Waals surface area contributed by atoms with E-state index < -0.39 is 0 Å². The summed E-state index contributed by atoms with van der Waals surface area (Å²) in [7, 11) is 0. The molecule has 28 rings (SSSR count). The predicted molar refractivity (Wildman–Crippen MR) is 556 cm³/mol. The topological polar surface area (TPSA) is 135 Å². The maximum Gasteiger partial charge on any atom is 0.0998 e. The molecule has 28 aromatic rings. The minimum absolute atomic E-state index is 0.443. The van der Waals surface area contributed by atoms with E-state index in [9.17, 15) is 21.0 Å². The molecule has 12 nitrogen and oxygen atoms in total. The highest BCUT2D eigenvalue weighted by Crippen LogP contribution is 2.54. The number of hydrogen-bond donors (Lipinski definition) is 0. The van der Waals surface area contributed by atoms with Crippen LogP contribution in [-0.2, 0) is 0 Å². The normalized spacial score (nSPS) is 11.9. The summed E-state index contributed by atoms with van der Waals surface area (Å²) in [6, 6.07) is 162. The first kappa shape index (κ1) is 75.7. The Hall–Kier alpha value is -19.2. The molecule has 0 aliphatic rings. The number of nitriles is 4. The number of para-hydroxylation sites is 11. The highest BCUT2D eigenvalue weighted by atomic mass is 15.1. The number of benzene rings is 20. The van der Waals surface area contributed by atoms with Gasteiger partial charge in [0.25, 0.3) is 0 Å². The molecule has 0 aliphatic heterocycles. The molecule has 0 amide bonds. The third-order valence-corrected chi connectivity index (χ3v) is 28.5. The lowest BCUT2D eigenvalue weighted by Gasteiger charge is -2.21. The van der Waals surface area contributed by atoms with Gasteiger partial charge in [0.1, 0.15) is 0 Å². The van der Waals surface area contributed by atoms with Gasteiger partial charge < -0.3 is 36.5 Å². The largest absolute Gasteiger partial charge is 0.309 e.